The van der Waals surface area contributed by atoms with Crippen LogP contribution in [0.25, 0.3) is 6.08 Å². The van der Waals surface area contributed by atoms with Crippen LogP contribution in [0.2, 0.25) is 0 Å². The van der Waals surface area contributed by atoms with Crippen molar-refractivity contribution in [1.82, 2.24) is 4.90 Å². The molecular weight excluding hydrogens is 280 g/mol. The number of carbonyl (C=O) groups excluding carboxylic acids is 1. The lowest BCUT2D eigenvalue weighted by Crippen LogP contribution is -2.41. The van der Waals surface area contributed by atoms with Crippen LogP contribution in [0.5, 0.6) is 5.75 Å². The zero-order valence-electron chi connectivity index (χ0n) is 12.9. The Balaban J connectivity index is 2.11. The van der Waals surface area contributed by atoms with Crippen molar-refractivity contribution in [2.24, 2.45) is 0 Å². The van der Waals surface area contributed by atoms with Gasteiger partial charge in [-0.05, 0) is 37.6 Å². The van der Waals surface area contributed by atoms with Crippen molar-refractivity contribution in [2.75, 3.05) is 26.3 Å². The predicted octanol–water partition coefficient (Wildman–Crippen LogP) is 2.24. The molecule has 5 heteroatoms. The van der Waals surface area contributed by atoms with Gasteiger partial charge in [-0.25, -0.2) is 0 Å². The molecule has 1 amide bonds. The maximum atomic E-state index is 12.3. The number of nitriles is 1. The maximum absolute atomic E-state index is 12.3. The van der Waals surface area contributed by atoms with Gasteiger partial charge in [-0.1, -0.05) is 12.1 Å². The van der Waals surface area contributed by atoms with E-state index in [1.54, 1.807) is 11.0 Å². The van der Waals surface area contributed by atoms with Crippen molar-refractivity contribution in [2.45, 2.75) is 20.0 Å². The molecule has 1 aliphatic heterocycles. The summed E-state index contributed by atoms with van der Waals surface area (Å²) in [6.45, 7) is 6.01. The molecule has 0 spiro atoms. The van der Waals surface area contributed by atoms with Gasteiger partial charge in [0.15, 0.2) is 0 Å². The largest absolute Gasteiger partial charge is 0.491 e. The molecule has 1 aromatic rings. The molecule has 0 bridgehead atoms. The summed E-state index contributed by atoms with van der Waals surface area (Å²) in [6.07, 6.45) is 1.72. The molecule has 0 aromatic heterocycles. The average molecular weight is 300 g/mol. The zero-order chi connectivity index (χ0) is 15.9. The molecule has 2 rings (SSSR count). The summed E-state index contributed by atoms with van der Waals surface area (Å²) < 4.78 is 10.8. The van der Waals surface area contributed by atoms with Gasteiger partial charge < -0.3 is 14.4 Å². The van der Waals surface area contributed by atoms with Crippen molar-refractivity contribution in [3.05, 3.63) is 35.4 Å². The van der Waals surface area contributed by atoms with Gasteiger partial charge in [0.1, 0.15) is 17.4 Å². The maximum Gasteiger partial charge on any atom is 0.264 e. The number of amides is 1. The van der Waals surface area contributed by atoms with E-state index in [4.69, 9.17) is 9.47 Å². The Morgan fingerprint density at radius 2 is 1.95 bits per heavy atom. The van der Waals surface area contributed by atoms with Crippen LogP contribution in [0.4, 0.5) is 0 Å². The van der Waals surface area contributed by atoms with Crippen LogP contribution in [0.1, 0.15) is 19.4 Å². The number of benzene rings is 1. The minimum Gasteiger partial charge on any atom is -0.491 e. The van der Waals surface area contributed by atoms with Gasteiger partial charge in [0.2, 0.25) is 0 Å². The van der Waals surface area contributed by atoms with E-state index in [1.807, 2.05) is 44.2 Å². The zero-order valence-corrected chi connectivity index (χ0v) is 12.9. The Bertz CT molecular complexity index is 579. The van der Waals surface area contributed by atoms with Crippen molar-refractivity contribution < 1.29 is 14.3 Å². The molecule has 1 aliphatic rings. The molecule has 22 heavy (non-hydrogen) atoms. The number of hydrogen-bond acceptors (Lipinski definition) is 4. The van der Waals surface area contributed by atoms with E-state index in [1.165, 1.54) is 0 Å². The fourth-order valence-electron chi connectivity index (χ4n) is 2.16. The quantitative estimate of drug-likeness (QED) is 0.632. The standard InChI is InChI=1S/C17H20N2O3/c1-13(2)22-16-5-3-14(4-6-16)11-15(12-18)17(20)19-7-9-21-10-8-19/h3-6,11,13H,7-10H2,1-2H3/b15-11+. The molecule has 1 fully saturated rings. The normalized spacial score (nSPS) is 15.5. The van der Waals surface area contributed by atoms with Crippen molar-refractivity contribution in [3.63, 3.8) is 0 Å². The smallest absolute Gasteiger partial charge is 0.264 e. The van der Waals surface area contributed by atoms with E-state index in [0.717, 1.165) is 11.3 Å². The first kappa shape index (κ1) is 16.1. The van der Waals surface area contributed by atoms with Crippen LogP contribution in [0.3, 0.4) is 0 Å². The lowest BCUT2D eigenvalue weighted by molar-refractivity contribution is -0.130. The lowest BCUT2D eigenvalue weighted by Gasteiger charge is -2.26. The number of rotatable bonds is 4. The Labute approximate surface area is 130 Å². The van der Waals surface area contributed by atoms with Gasteiger partial charge >= 0.3 is 0 Å². The second-order valence-electron chi connectivity index (χ2n) is 5.31. The SMILES string of the molecule is CC(C)Oc1ccc(/C=C(\C#N)C(=O)N2CCOCC2)cc1. The summed E-state index contributed by atoms with van der Waals surface area (Å²) in [5, 5.41) is 9.24. The summed E-state index contributed by atoms with van der Waals surface area (Å²) in [6, 6.07) is 9.33. The molecule has 0 unspecified atom stereocenters. The van der Waals surface area contributed by atoms with E-state index >= 15 is 0 Å². The summed E-state index contributed by atoms with van der Waals surface area (Å²) in [5.41, 5.74) is 0.939. The third kappa shape index (κ3) is 4.34. The van der Waals surface area contributed by atoms with Crippen LogP contribution in [0, 0.1) is 11.3 Å². The Morgan fingerprint density at radius 1 is 1.32 bits per heavy atom. The minimum absolute atomic E-state index is 0.110. The Kier molecular flexibility index (Phi) is 5.56. The molecule has 0 radical (unpaired) electrons. The summed E-state index contributed by atoms with van der Waals surface area (Å²) >= 11 is 0. The highest BCUT2D eigenvalue weighted by Crippen LogP contribution is 2.16. The molecule has 1 aromatic carbocycles. The van der Waals surface area contributed by atoms with E-state index in [2.05, 4.69) is 0 Å². The van der Waals surface area contributed by atoms with Gasteiger partial charge in [0.05, 0.1) is 19.3 Å². The number of nitrogens with zero attached hydrogens (tertiary/aromatic N) is 2. The highest BCUT2D eigenvalue weighted by Gasteiger charge is 2.20. The molecule has 1 heterocycles. The number of hydrogen-bond donors (Lipinski definition) is 0. The molecule has 0 N–H and O–H groups in total. The second kappa shape index (κ2) is 7.62. The van der Waals surface area contributed by atoms with Crippen molar-refractivity contribution in [3.8, 4) is 11.8 Å². The molecule has 0 aliphatic carbocycles. The summed E-state index contributed by atoms with van der Waals surface area (Å²) in [5.74, 6) is 0.526. The Morgan fingerprint density at radius 3 is 2.50 bits per heavy atom. The van der Waals surface area contributed by atoms with Gasteiger partial charge in [-0.3, -0.25) is 4.79 Å². The first-order chi connectivity index (χ1) is 10.6. The second-order valence-corrected chi connectivity index (χ2v) is 5.31. The first-order valence-electron chi connectivity index (χ1n) is 7.35. The van der Waals surface area contributed by atoms with Crippen LogP contribution in [-0.4, -0.2) is 43.2 Å². The third-order valence-electron chi connectivity index (χ3n) is 3.21. The van der Waals surface area contributed by atoms with E-state index in [0.29, 0.717) is 26.3 Å². The highest BCUT2D eigenvalue weighted by molar-refractivity contribution is 6.01. The number of morpholine rings is 1. The monoisotopic (exact) mass is 300 g/mol. The van der Waals surface area contributed by atoms with Crippen LogP contribution in [0.15, 0.2) is 29.8 Å². The summed E-state index contributed by atoms with van der Waals surface area (Å²) in [4.78, 5) is 13.9. The Hall–Kier alpha value is -2.32. The average Bonchev–Trinajstić information content (AvgIpc) is 2.54. The third-order valence-corrected chi connectivity index (χ3v) is 3.21. The first-order valence-corrected chi connectivity index (χ1v) is 7.35. The molecule has 1 saturated heterocycles. The number of carbonyl (C=O) groups is 1. The van der Waals surface area contributed by atoms with Crippen molar-refractivity contribution >= 4 is 12.0 Å². The topological polar surface area (TPSA) is 62.6 Å². The number of ether oxygens (including phenoxy) is 2. The summed E-state index contributed by atoms with van der Waals surface area (Å²) in [7, 11) is 0. The van der Waals surface area contributed by atoms with Gasteiger partial charge in [-0.15, -0.1) is 0 Å². The molecule has 116 valence electrons. The van der Waals surface area contributed by atoms with E-state index < -0.39 is 0 Å². The van der Waals surface area contributed by atoms with E-state index in [9.17, 15) is 10.1 Å². The van der Waals surface area contributed by atoms with Gasteiger partial charge in [-0.2, -0.15) is 5.26 Å². The van der Waals surface area contributed by atoms with Crippen LogP contribution < -0.4 is 4.74 Å². The molecule has 0 atom stereocenters. The lowest BCUT2D eigenvalue weighted by atomic mass is 10.1. The van der Waals surface area contributed by atoms with Gasteiger partial charge in [0, 0.05) is 13.1 Å². The molecular formula is C17H20N2O3. The van der Waals surface area contributed by atoms with Crippen molar-refractivity contribution in [1.29, 1.82) is 5.26 Å². The van der Waals surface area contributed by atoms with Crippen LogP contribution in [-0.2, 0) is 9.53 Å². The predicted molar refractivity (Wildman–Crippen MR) is 83.2 cm³/mol. The molecule has 0 saturated carbocycles. The fourth-order valence-corrected chi connectivity index (χ4v) is 2.16. The van der Waals surface area contributed by atoms with E-state index in [-0.39, 0.29) is 17.6 Å². The minimum atomic E-state index is -0.242. The van der Waals surface area contributed by atoms with Gasteiger partial charge in [0.25, 0.3) is 5.91 Å². The fraction of sp³-hybridized carbons (Fsp3) is 0.412. The van der Waals surface area contributed by atoms with Crippen LogP contribution >= 0.6 is 0 Å². The molecule has 5 nitrogen and oxygen atoms in total. The highest BCUT2D eigenvalue weighted by atomic mass is 16.5.